The number of hydrogen-bond acceptors (Lipinski definition) is 5. The fourth-order valence-corrected chi connectivity index (χ4v) is 4.74. The summed E-state index contributed by atoms with van der Waals surface area (Å²) in [7, 11) is -0.894. The van der Waals surface area contributed by atoms with Crippen LogP contribution in [0.3, 0.4) is 0 Å². The summed E-state index contributed by atoms with van der Waals surface area (Å²) in [6.45, 7) is 3.92. The smallest absolute Gasteiger partial charge is 0.264 e. The first kappa shape index (κ1) is 23.4. The van der Waals surface area contributed by atoms with Gasteiger partial charge in [0.2, 0.25) is 0 Å². The Morgan fingerprint density at radius 1 is 1.19 bits per heavy atom. The highest BCUT2D eigenvalue weighted by atomic mass is 35.5. The van der Waals surface area contributed by atoms with Gasteiger partial charge in [0, 0.05) is 7.05 Å². The van der Waals surface area contributed by atoms with Gasteiger partial charge in [0.25, 0.3) is 15.9 Å². The molecule has 7 nitrogen and oxygen atoms in total. The number of rotatable bonds is 9. The topological polar surface area (TPSA) is 80.1 Å². The van der Waals surface area contributed by atoms with Gasteiger partial charge in [-0.1, -0.05) is 17.7 Å². The van der Waals surface area contributed by atoms with Crippen molar-refractivity contribution in [2.24, 2.45) is 0 Å². The van der Waals surface area contributed by atoms with E-state index in [0.717, 1.165) is 0 Å². The van der Waals surface area contributed by atoms with Crippen LogP contribution in [0.15, 0.2) is 82.8 Å². The van der Waals surface area contributed by atoms with E-state index in [9.17, 15) is 13.2 Å². The highest BCUT2D eigenvalue weighted by Gasteiger charge is 2.27. The quantitative estimate of drug-likeness (QED) is 0.423. The standard InChI is InChI=1S/C23H23ClN2O5S/c1-4-13-26(17-7-9-18(30-3)10-8-17)32(28,29)20-11-12-22(24)21(15-20)23(27)25(2)16-19-6-5-14-31-19/h4-12,14-15H,1,13,16H2,2-3H3. The molecule has 0 bridgehead atoms. The predicted molar refractivity (Wildman–Crippen MR) is 124 cm³/mol. The number of furan rings is 1. The van der Waals surface area contributed by atoms with Gasteiger partial charge in [-0.3, -0.25) is 9.10 Å². The van der Waals surface area contributed by atoms with E-state index < -0.39 is 15.9 Å². The molecular weight excluding hydrogens is 452 g/mol. The van der Waals surface area contributed by atoms with Gasteiger partial charge in [-0.25, -0.2) is 8.42 Å². The maximum Gasteiger partial charge on any atom is 0.264 e. The average molecular weight is 475 g/mol. The lowest BCUT2D eigenvalue weighted by Crippen LogP contribution is -2.32. The Bertz CT molecular complexity index is 1190. The molecule has 0 spiro atoms. The van der Waals surface area contributed by atoms with Crippen molar-refractivity contribution in [3.8, 4) is 5.75 Å². The number of amides is 1. The fourth-order valence-electron chi connectivity index (χ4n) is 3.08. The lowest BCUT2D eigenvalue weighted by atomic mass is 10.2. The molecule has 1 aromatic heterocycles. The van der Waals surface area contributed by atoms with Crippen molar-refractivity contribution in [2.45, 2.75) is 11.4 Å². The average Bonchev–Trinajstić information content (AvgIpc) is 3.30. The second-order valence-corrected chi connectivity index (χ2v) is 9.17. The molecule has 1 heterocycles. The predicted octanol–water partition coefficient (Wildman–Crippen LogP) is 4.60. The van der Waals surface area contributed by atoms with E-state index in [0.29, 0.717) is 17.2 Å². The summed E-state index contributed by atoms with van der Waals surface area (Å²) in [5.41, 5.74) is 0.513. The third-order valence-corrected chi connectivity index (χ3v) is 6.85. The molecule has 3 aromatic rings. The monoisotopic (exact) mass is 474 g/mol. The highest BCUT2D eigenvalue weighted by Crippen LogP contribution is 2.28. The Hall–Kier alpha value is -3.23. The molecule has 0 fully saturated rings. The third-order valence-electron chi connectivity index (χ3n) is 4.73. The van der Waals surface area contributed by atoms with Crippen molar-refractivity contribution in [1.29, 1.82) is 0 Å². The molecule has 0 unspecified atom stereocenters. The van der Waals surface area contributed by atoms with Crippen molar-refractivity contribution in [2.75, 3.05) is 25.0 Å². The Kier molecular flexibility index (Phi) is 7.27. The van der Waals surface area contributed by atoms with Crippen molar-refractivity contribution in [1.82, 2.24) is 4.90 Å². The molecule has 9 heteroatoms. The van der Waals surface area contributed by atoms with E-state index in [1.54, 1.807) is 43.4 Å². The van der Waals surface area contributed by atoms with Crippen LogP contribution in [-0.4, -0.2) is 39.9 Å². The number of ether oxygens (including phenoxy) is 1. The Morgan fingerprint density at radius 2 is 1.91 bits per heavy atom. The van der Waals surface area contributed by atoms with Crippen LogP contribution in [-0.2, 0) is 16.6 Å². The number of nitrogens with zero attached hydrogens (tertiary/aromatic N) is 2. The van der Waals surface area contributed by atoms with E-state index in [2.05, 4.69) is 6.58 Å². The van der Waals surface area contributed by atoms with Crippen LogP contribution >= 0.6 is 11.6 Å². The molecule has 0 atom stereocenters. The first-order valence-electron chi connectivity index (χ1n) is 9.63. The second-order valence-electron chi connectivity index (χ2n) is 6.91. The normalized spacial score (nSPS) is 11.1. The van der Waals surface area contributed by atoms with Crippen molar-refractivity contribution in [3.63, 3.8) is 0 Å². The van der Waals surface area contributed by atoms with Crippen LogP contribution < -0.4 is 9.04 Å². The molecule has 0 aliphatic heterocycles. The molecule has 0 aliphatic carbocycles. The van der Waals surface area contributed by atoms with Gasteiger partial charge in [-0.05, 0) is 54.6 Å². The van der Waals surface area contributed by atoms with E-state index in [1.165, 1.54) is 46.9 Å². The van der Waals surface area contributed by atoms with Crippen molar-refractivity contribution < 1.29 is 22.4 Å². The molecule has 1 amide bonds. The second kappa shape index (κ2) is 9.93. The number of sulfonamides is 1. The molecule has 0 saturated carbocycles. The van der Waals surface area contributed by atoms with Crippen LogP contribution in [0, 0.1) is 0 Å². The molecular formula is C23H23ClN2O5S. The van der Waals surface area contributed by atoms with E-state index >= 15 is 0 Å². The van der Waals surface area contributed by atoms with Crippen LogP contribution in [0.4, 0.5) is 5.69 Å². The molecule has 0 radical (unpaired) electrons. The first-order valence-corrected chi connectivity index (χ1v) is 11.4. The van der Waals surface area contributed by atoms with E-state index in [-0.39, 0.29) is 28.6 Å². The van der Waals surface area contributed by atoms with Gasteiger partial charge < -0.3 is 14.1 Å². The largest absolute Gasteiger partial charge is 0.497 e. The summed E-state index contributed by atoms with van der Waals surface area (Å²) in [5.74, 6) is 0.768. The number of benzene rings is 2. The SMILES string of the molecule is C=CCN(c1ccc(OC)cc1)S(=O)(=O)c1ccc(Cl)c(C(=O)N(C)Cc2ccco2)c1. The van der Waals surface area contributed by atoms with Gasteiger partial charge in [0.15, 0.2) is 0 Å². The summed E-state index contributed by atoms with van der Waals surface area (Å²) in [4.78, 5) is 14.3. The van der Waals surface area contributed by atoms with Gasteiger partial charge in [-0.15, -0.1) is 6.58 Å². The summed E-state index contributed by atoms with van der Waals surface area (Å²) in [6, 6.07) is 14.2. The molecule has 0 aliphatic rings. The van der Waals surface area contributed by atoms with Crippen LogP contribution in [0.2, 0.25) is 5.02 Å². The van der Waals surface area contributed by atoms with Gasteiger partial charge in [0.05, 0.1) is 47.6 Å². The van der Waals surface area contributed by atoms with Gasteiger partial charge in [-0.2, -0.15) is 0 Å². The summed E-state index contributed by atoms with van der Waals surface area (Å²) >= 11 is 6.25. The minimum absolute atomic E-state index is 0.0406. The highest BCUT2D eigenvalue weighted by molar-refractivity contribution is 7.92. The summed E-state index contributed by atoms with van der Waals surface area (Å²) in [5, 5.41) is 0.153. The van der Waals surface area contributed by atoms with Gasteiger partial charge in [0.1, 0.15) is 11.5 Å². The lowest BCUT2D eigenvalue weighted by molar-refractivity contribution is 0.0775. The van der Waals surface area contributed by atoms with Crippen LogP contribution in [0.5, 0.6) is 5.75 Å². The van der Waals surface area contributed by atoms with Crippen molar-refractivity contribution >= 4 is 33.2 Å². The lowest BCUT2D eigenvalue weighted by Gasteiger charge is -2.24. The zero-order valence-electron chi connectivity index (χ0n) is 17.7. The Morgan fingerprint density at radius 3 is 2.50 bits per heavy atom. The Labute approximate surface area is 192 Å². The van der Waals surface area contributed by atoms with Crippen LogP contribution in [0.1, 0.15) is 16.1 Å². The zero-order chi connectivity index (χ0) is 23.3. The molecule has 3 rings (SSSR count). The van der Waals surface area contributed by atoms with E-state index in [1.807, 2.05) is 0 Å². The first-order chi connectivity index (χ1) is 15.3. The number of hydrogen-bond donors (Lipinski definition) is 0. The number of carbonyl (C=O) groups excluding carboxylic acids is 1. The zero-order valence-corrected chi connectivity index (χ0v) is 19.3. The summed E-state index contributed by atoms with van der Waals surface area (Å²) in [6.07, 6.45) is 3.00. The van der Waals surface area contributed by atoms with Crippen LogP contribution in [0.25, 0.3) is 0 Å². The maximum absolute atomic E-state index is 13.5. The fraction of sp³-hybridized carbons (Fsp3) is 0.174. The number of anilines is 1. The number of methoxy groups -OCH3 is 1. The van der Waals surface area contributed by atoms with E-state index in [4.69, 9.17) is 20.8 Å². The van der Waals surface area contributed by atoms with Crippen molar-refractivity contribution in [3.05, 3.63) is 89.9 Å². The summed E-state index contributed by atoms with van der Waals surface area (Å²) < 4.78 is 38.5. The van der Waals surface area contributed by atoms with Gasteiger partial charge >= 0.3 is 0 Å². The maximum atomic E-state index is 13.5. The molecule has 0 saturated heterocycles. The third kappa shape index (κ3) is 4.98. The molecule has 0 N–H and O–H groups in total. The number of carbonyl (C=O) groups is 1. The Balaban J connectivity index is 1.96. The minimum Gasteiger partial charge on any atom is -0.497 e. The minimum atomic E-state index is -4.01. The molecule has 2 aromatic carbocycles. The molecule has 168 valence electrons. The number of halogens is 1. The molecule has 32 heavy (non-hydrogen) atoms.